The predicted molar refractivity (Wildman–Crippen MR) is 91.6 cm³/mol. The highest BCUT2D eigenvalue weighted by Gasteiger charge is 2.25. The second-order valence-electron chi connectivity index (χ2n) is 6.87. The molecule has 1 aliphatic heterocycles. The maximum absolute atomic E-state index is 12.2. The van der Waals surface area contributed by atoms with Gasteiger partial charge in [0, 0.05) is 37.1 Å². The molecular weight excluding hydrogens is 290 g/mol. The Morgan fingerprint density at radius 2 is 1.78 bits per heavy atom. The largest absolute Gasteiger partial charge is 0.352 e. The zero-order valence-corrected chi connectivity index (χ0v) is 13.9. The van der Waals surface area contributed by atoms with Crippen LogP contribution in [0.3, 0.4) is 0 Å². The van der Waals surface area contributed by atoms with Gasteiger partial charge in [-0.25, -0.2) is 14.8 Å². The third-order valence-electron chi connectivity index (χ3n) is 3.87. The first-order valence-corrected chi connectivity index (χ1v) is 7.96. The molecule has 1 aromatic carbocycles. The molecule has 2 aromatic rings. The van der Waals surface area contributed by atoms with Gasteiger partial charge in [-0.1, -0.05) is 12.1 Å². The van der Waals surface area contributed by atoms with Crippen molar-refractivity contribution in [2.75, 3.05) is 31.1 Å². The van der Waals surface area contributed by atoms with E-state index in [9.17, 15) is 4.79 Å². The molecule has 0 spiro atoms. The average molecular weight is 313 g/mol. The molecule has 2 heterocycles. The minimum atomic E-state index is -0.211. The molecule has 0 saturated carbocycles. The van der Waals surface area contributed by atoms with Crippen molar-refractivity contribution in [3.05, 3.63) is 30.6 Å². The summed E-state index contributed by atoms with van der Waals surface area (Å²) >= 11 is 0. The number of piperazine rings is 1. The fraction of sp³-hybridized carbons (Fsp3) is 0.471. The number of fused-ring (bicyclic) bond motifs is 1. The lowest BCUT2D eigenvalue weighted by atomic mass is 10.1. The van der Waals surface area contributed by atoms with Crippen molar-refractivity contribution in [1.82, 2.24) is 20.2 Å². The van der Waals surface area contributed by atoms with Gasteiger partial charge in [-0.15, -0.1) is 0 Å². The van der Waals surface area contributed by atoms with E-state index in [1.165, 1.54) is 0 Å². The third-order valence-corrected chi connectivity index (χ3v) is 3.87. The van der Waals surface area contributed by atoms with Crippen LogP contribution in [0.1, 0.15) is 20.8 Å². The number of anilines is 1. The molecule has 1 aromatic heterocycles. The van der Waals surface area contributed by atoms with Crippen molar-refractivity contribution in [3.63, 3.8) is 0 Å². The second-order valence-corrected chi connectivity index (χ2v) is 6.87. The van der Waals surface area contributed by atoms with E-state index in [4.69, 9.17) is 0 Å². The predicted octanol–water partition coefficient (Wildman–Crippen LogP) is 2.26. The van der Waals surface area contributed by atoms with E-state index < -0.39 is 0 Å². The van der Waals surface area contributed by atoms with Crippen molar-refractivity contribution in [2.45, 2.75) is 26.3 Å². The average Bonchev–Trinajstić information content (AvgIpc) is 2.53. The Hall–Kier alpha value is -2.37. The molecule has 3 rings (SSSR count). The highest BCUT2D eigenvalue weighted by Crippen LogP contribution is 2.23. The lowest BCUT2D eigenvalue weighted by Gasteiger charge is -2.37. The minimum absolute atomic E-state index is 0.00435. The van der Waals surface area contributed by atoms with Crippen molar-refractivity contribution in [3.8, 4) is 0 Å². The van der Waals surface area contributed by atoms with Gasteiger partial charge in [-0.2, -0.15) is 0 Å². The van der Waals surface area contributed by atoms with Crippen LogP contribution in [0, 0.1) is 0 Å². The van der Waals surface area contributed by atoms with Crippen LogP contribution >= 0.6 is 0 Å². The first-order valence-electron chi connectivity index (χ1n) is 7.96. The summed E-state index contributed by atoms with van der Waals surface area (Å²) in [6, 6.07) is 8.03. The van der Waals surface area contributed by atoms with Crippen LogP contribution in [0.25, 0.3) is 10.9 Å². The van der Waals surface area contributed by atoms with Crippen LogP contribution in [-0.2, 0) is 0 Å². The van der Waals surface area contributed by atoms with Crippen LogP contribution in [0.15, 0.2) is 30.6 Å². The number of nitrogens with one attached hydrogen (secondary N) is 1. The molecule has 2 amide bonds. The molecule has 1 aliphatic rings. The molecule has 0 bridgehead atoms. The van der Waals surface area contributed by atoms with Gasteiger partial charge in [0.15, 0.2) is 0 Å². The van der Waals surface area contributed by atoms with E-state index in [0.29, 0.717) is 13.1 Å². The van der Waals surface area contributed by atoms with Crippen molar-refractivity contribution in [1.29, 1.82) is 0 Å². The topological polar surface area (TPSA) is 61.4 Å². The molecule has 1 fully saturated rings. The Labute approximate surface area is 136 Å². The van der Waals surface area contributed by atoms with E-state index in [1.54, 1.807) is 6.33 Å². The molecule has 1 N–H and O–H groups in total. The molecule has 6 nitrogen and oxygen atoms in total. The molecular formula is C17H23N5O. The van der Waals surface area contributed by atoms with Crippen LogP contribution in [-0.4, -0.2) is 52.6 Å². The molecule has 1 saturated heterocycles. The van der Waals surface area contributed by atoms with Gasteiger partial charge in [0.2, 0.25) is 0 Å². The number of amides is 2. The Kier molecular flexibility index (Phi) is 4.07. The van der Waals surface area contributed by atoms with Gasteiger partial charge < -0.3 is 15.1 Å². The number of benzene rings is 1. The maximum Gasteiger partial charge on any atom is 0.317 e. The number of urea groups is 1. The molecule has 0 unspecified atom stereocenters. The van der Waals surface area contributed by atoms with Crippen LogP contribution < -0.4 is 10.2 Å². The summed E-state index contributed by atoms with van der Waals surface area (Å²) in [4.78, 5) is 25.1. The number of rotatable bonds is 1. The first-order chi connectivity index (χ1) is 10.9. The summed E-state index contributed by atoms with van der Waals surface area (Å²) in [6.07, 6.45) is 1.61. The quantitative estimate of drug-likeness (QED) is 0.877. The fourth-order valence-electron chi connectivity index (χ4n) is 2.76. The number of hydrogen-bond donors (Lipinski definition) is 1. The molecule has 0 radical (unpaired) electrons. The normalized spacial score (nSPS) is 15.8. The Morgan fingerprint density at radius 3 is 2.48 bits per heavy atom. The molecule has 0 aliphatic carbocycles. The fourth-order valence-corrected chi connectivity index (χ4v) is 2.76. The molecule has 122 valence electrons. The summed E-state index contributed by atoms with van der Waals surface area (Å²) in [5.41, 5.74) is 0.738. The molecule has 6 heteroatoms. The first kappa shape index (κ1) is 15.5. The summed E-state index contributed by atoms with van der Waals surface area (Å²) in [5.74, 6) is 0.950. The Bertz CT molecular complexity index is 696. The van der Waals surface area contributed by atoms with E-state index in [-0.39, 0.29) is 11.6 Å². The summed E-state index contributed by atoms with van der Waals surface area (Å²) in [6.45, 7) is 8.92. The lowest BCUT2D eigenvalue weighted by molar-refractivity contribution is 0.185. The SMILES string of the molecule is CC(C)(C)NC(=O)N1CCN(c2ncnc3ccccc23)CC1. The van der Waals surface area contributed by atoms with E-state index in [1.807, 2.05) is 49.9 Å². The van der Waals surface area contributed by atoms with Crippen molar-refractivity contribution < 1.29 is 4.79 Å². The van der Waals surface area contributed by atoms with Gasteiger partial charge in [-0.3, -0.25) is 0 Å². The minimum Gasteiger partial charge on any atom is -0.352 e. The Balaban J connectivity index is 1.70. The highest BCUT2D eigenvalue weighted by molar-refractivity contribution is 5.89. The van der Waals surface area contributed by atoms with Crippen LogP contribution in [0.2, 0.25) is 0 Å². The second kappa shape index (κ2) is 6.02. The summed E-state index contributed by atoms with van der Waals surface area (Å²) < 4.78 is 0. The number of nitrogens with zero attached hydrogens (tertiary/aromatic N) is 4. The maximum atomic E-state index is 12.2. The number of hydrogen-bond acceptors (Lipinski definition) is 4. The highest BCUT2D eigenvalue weighted by atomic mass is 16.2. The van der Waals surface area contributed by atoms with Crippen molar-refractivity contribution in [2.24, 2.45) is 0 Å². The number of para-hydroxylation sites is 1. The zero-order valence-electron chi connectivity index (χ0n) is 13.9. The zero-order chi connectivity index (χ0) is 16.4. The molecule has 23 heavy (non-hydrogen) atoms. The summed E-state index contributed by atoms with van der Waals surface area (Å²) in [7, 11) is 0. The van der Waals surface area contributed by atoms with E-state index in [2.05, 4.69) is 20.2 Å². The third kappa shape index (κ3) is 3.52. The van der Waals surface area contributed by atoms with Gasteiger partial charge in [-0.05, 0) is 32.9 Å². The number of carbonyl (C=O) groups excluding carboxylic acids is 1. The lowest BCUT2D eigenvalue weighted by Crippen LogP contribution is -2.55. The number of aromatic nitrogens is 2. The van der Waals surface area contributed by atoms with Crippen LogP contribution in [0.5, 0.6) is 0 Å². The van der Waals surface area contributed by atoms with Gasteiger partial charge in [0.1, 0.15) is 12.1 Å². The van der Waals surface area contributed by atoms with Gasteiger partial charge in [0.25, 0.3) is 0 Å². The Morgan fingerprint density at radius 1 is 1.09 bits per heavy atom. The van der Waals surface area contributed by atoms with Crippen molar-refractivity contribution >= 4 is 22.8 Å². The van der Waals surface area contributed by atoms with E-state index in [0.717, 1.165) is 29.8 Å². The van der Waals surface area contributed by atoms with Gasteiger partial charge >= 0.3 is 6.03 Å². The monoisotopic (exact) mass is 313 g/mol. The standard InChI is InChI=1S/C17H23N5O/c1-17(2,3)20-16(23)22-10-8-21(9-11-22)15-13-6-4-5-7-14(13)18-12-19-15/h4-7,12H,8-11H2,1-3H3,(H,20,23). The number of carbonyl (C=O) groups is 1. The van der Waals surface area contributed by atoms with Gasteiger partial charge in [0.05, 0.1) is 5.52 Å². The van der Waals surface area contributed by atoms with E-state index >= 15 is 0 Å². The summed E-state index contributed by atoms with van der Waals surface area (Å²) in [5, 5.41) is 4.07. The molecule has 0 atom stereocenters. The van der Waals surface area contributed by atoms with Crippen LogP contribution in [0.4, 0.5) is 10.6 Å². The smallest absolute Gasteiger partial charge is 0.317 e.